The zero-order chi connectivity index (χ0) is 18.5. The number of hydrogen-bond donors (Lipinski definition) is 1. The lowest BCUT2D eigenvalue weighted by Crippen LogP contribution is -2.60. The van der Waals surface area contributed by atoms with E-state index in [0.29, 0.717) is 26.2 Å². The van der Waals surface area contributed by atoms with Crippen LogP contribution >= 0.6 is 0 Å². The van der Waals surface area contributed by atoms with Crippen molar-refractivity contribution in [1.29, 1.82) is 0 Å². The van der Waals surface area contributed by atoms with Crippen LogP contribution in [-0.4, -0.2) is 67.3 Å². The first kappa shape index (κ1) is 18.0. The summed E-state index contributed by atoms with van der Waals surface area (Å²) in [5.74, 6) is -0.304. The van der Waals surface area contributed by atoms with Crippen molar-refractivity contribution in [3.63, 3.8) is 0 Å². The fraction of sp³-hybridized carbons (Fsp3) is 0.500. The highest BCUT2D eigenvalue weighted by molar-refractivity contribution is 5.81. The van der Waals surface area contributed by atoms with E-state index in [9.17, 15) is 14.4 Å². The van der Waals surface area contributed by atoms with Crippen molar-refractivity contribution in [2.24, 2.45) is 5.92 Å². The van der Waals surface area contributed by atoms with Gasteiger partial charge in [-0.15, -0.1) is 0 Å². The van der Waals surface area contributed by atoms with E-state index in [1.54, 1.807) is 9.80 Å². The van der Waals surface area contributed by atoms with Gasteiger partial charge in [0.1, 0.15) is 6.54 Å². The first-order chi connectivity index (χ1) is 12.6. The molecule has 0 unspecified atom stereocenters. The Labute approximate surface area is 152 Å². The minimum atomic E-state index is -0.500. The molecule has 2 heterocycles. The molecule has 2 aliphatic heterocycles. The van der Waals surface area contributed by atoms with Crippen LogP contribution in [0.15, 0.2) is 30.3 Å². The molecule has 2 atom stereocenters. The van der Waals surface area contributed by atoms with Gasteiger partial charge in [0.15, 0.2) is 0 Å². The van der Waals surface area contributed by atoms with Crippen LogP contribution in [0.4, 0.5) is 9.59 Å². The molecule has 2 saturated heterocycles. The monoisotopic (exact) mass is 361 g/mol. The molecule has 2 aliphatic rings. The number of fused-ring (bicyclic) bond motifs is 1. The number of likely N-dealkylation sites (tertiary alicyclic amines) is 1. The zero-order valence-electron chi connectivity index (χ0n) is 14.7. The Morgan fingerprint density at radius 3 is 2.81 bits per heavy atom. The van der Waals surface area contributed by atoms with E-state index in [1.165, 1.54) is 7.11 Å². The number of nitrogens with zero attached hydrogens (tertiary/aromatic N) is 2. The maximum atomic E-state index is 12.3. The predicted molar refractivity (Wildman–Crippen MR) is 92.2 cm³/mol. The second-order valence-electron chi connectivity index (χ2n) is 6.49. The Kier molecular flexibility index (Phi) is 5.60. The lowest BCUT2D eigenvalue weighted by atomic mass is 9.90. The van der Waals surface area contributed by atoms with Crippen LogP contribution in [0.3, 0.4) is 0 Å². The molecular weight excluding hydrogens is 338 g/mol. The van der Waals surface area contributed by atoms with Crippen LogP contribution in [-0.2, 0) is 20.8 Å². The molecule has 140 valence electrons. The normalized spacial score (nSPS) is 22.3. The number of benzene rings is 1. The average molecular weight is 361 g/mol. The van der Waals surface area contributed by atoms with Crippen molar-refractivity contribution in [2.75, 3.05) is 33.4 Å². The number of methoxy groups -OCH3 is 1. The number of cyclic esters (lactones) is 1. The fourth-order valence-corrected chi connectivity index (χ4v) is 3.40. The summed E-state index contributed by atoms with van der Waals surface area (Å²) in [7, 11) is 1.27. The van der Waals surface area contributed by atoms with Crippen LogP contribution in [0.1, 0.15) is 12.0 Å². The smallest absolute Gasteiger partial charge is 0.410 e. The third-order valence-corrected chi connectivity index (χ3v) is 4.87. The maximum Gasteiger partial charge on any atom is 0.410 e. The van der Waals surface area contributed by atoms with Crippen molar-refractivity contribution in [3.05, 3.63) is 35.9 Å². The number of hydrogen-bond acceptors (Lipinski definition) is 5. The molecule has 0 aromatic heterocycles. The molecule has 2 fully saturated rings. The summed E-state index contributed by atoms with van der Waals surface area (Å²) in [6, 6.07) is 9.27. The molecule has 0 saturated carbocycles. The molecule has 3 amide bonds. The van der Waals surface area contributed by atoms with Crippen molar-refractivity contribution in [2.45, 2.75) is 19.0 Å². The van der Waals surface area contributed by atoms with Gasteiger partial charge in [0.2, 0.25) is 0 Å². The van der Waals surface area contributed by atoms with E-state index < -0.39 is 5.97 Å². The van der Waals surface area contributed by atoms with Gasteiger partial charge in [-0.25, -0.2) is 9.59 Å². The van der Waals surface area contributed by atoms with Gasteiger partial charge in [0, 0.05) is 25.6 Å². The maximum absolute atomic E-state index is 12.3. The van der Waals surface area contributed by atoms with E-state index in [0.717, 1.165) is 12.0 Å². The first-order valence-electron chi connectivity index (χ1n) is 8.65. The number of rotatable bonds is 4. The molecule has 1 aromatic rings. The highest BCUT2D eigenvalue weighted by atomic mass is 16.6. The van der Waals surface area contributed by atoms with Crippen molar-refractivity contribution in [1.82, 2.24) is 15.1 Å². The summed E-state index contributed by atoms with van der Waals surface area (Å²) in [6.45, 7) is 1.63. The van der Waals surface area contributed by atoms with Crippen LogP contribution in [0, 0.1) is 5.92 Å². The number of piperidine rings is 1. The SMILES string of the molecule is COC(=O)CNC(=O)N1CC[C@@H]2COC(=O)N(Cc3ccccc3)[C@@H]2C1. The Hall–Kier alpha value is -2.77. The quantitative estimate of drug-likeness (QED) is 0.815. The Balaban J connectivity index is 1.66. The number of nitrogens with one attached hydrogen (secondary N) is 1. The number of amides is 3. The largest absolute Gasteiger partial charge is 0.468 e. The van der Waals surface area contributed by atoms with Gasteiger partial charge in [-0.05, 0) is 12.0 Å². The summed E-state index contributed by atoms with van der Waals surface area (Å²) >= 11 is 0. The highest BCUT2D eigenvalue weighted by Crippen LogP contribution is 2.29. The van der Waals surface area contributed by atoms with Crippen LogP contribution < -0.4 is 5.32 Å². The van der Waals surface area contributed by atoms with Gasteiger partial charge in [-0.1, -0.05) is 30.3 Å². The molecule has 26 heavy (non-hydrogen) atoms. The second-order valence-corrected chi connectivity index (χ2v) is 6.49. The fourth-order valence-electron chi connectivity index (χ4n) is 3.40. The van der Waals surface area contributed by atoms with E-state index in [1.807, 2.05) is 30.3 Å². The third-order valence-electron chi connectivity index (χ3n) is 4.87. The molecule has 1 N–H and O–H groups in total. The summed E-state index contributed by atoms with van der Waals surface area (Å²) < 4.78 is 9.86. The van der Waals surface area contributed by atoms with Gasteiger partial charge < -0.3 is 19.7 Å². The standard InChI is InChI=1S/C18H23N3O5/c1-25-16(22)9-19-17(23)20-8-7-14-12-26-18(24)21(15(14)11-20)10-13-5-3-2-4-6-13/h2-6,14-15H,7-12H2,1H3,(H,19,23)/t14-,15-/m1/s1. The average Bonchev–Trinajstić information content (AvgIpc) is 2.68. The van der Waals surface area contributed by atoms with Gasteiger partial charge in [0.05, 0.1) is 19.8 Å². The van der Waals surface area contributed by atoms with Crippen LogP contribution in [0.5, 0.6) is 0 Å². The highest BCUT2D eigenvalue weighted by Gasteiger charge is 2.41. The molecular formula is C18H23N3O5. The molecule has 1 aromatic carbocycles. The first-order valence-corrected chi connectivity index (χ1v) is 8.65. The summed E-state index contributed by atoms with van der Waals surface area (Å²) in [4.78, 5) is 39.2. The van der Waals surface area contributed by atoms with Gasteiger partial charge in [-0.2, -0.15) is 0 Å². The number of urea groups is 1. The van der Waals surface area contributed by atoms with E-state index >= 15 is 0 Å². The number of esters is 1. The number of ether oxygens (including phenoxy) is 2. The number of carbonyl (C=O) groups excluding carboxylic acids is 3. The summed E-state index contributed by atoms with van der Waals surface area (Å²) in [5, 5.41) is 2.55. The van der Waals surface area contributed by atoms with Crippen LogP contribution in [0.2, 0.25) is 0 Å². The van der Waals surface area contributed by atoms with Crippen molar-refractivity contribution < 1.29 is 23.9 Å². The predicted octanol–water partition coefficient (Wildman–Crippen LogP) is 1.21. The Bertz CT molecular complexity index is 666. The van der Waals surface area contributed by atoms with Crippen LogP contribution in [0.25, 0.3) is 0 Å². The molecule has 0 aliphatic carbocycles. The summed E-state index contributed by atoms with van der Waals surface area (Å²) in [6.07, 6.45) is 0.390. The van der Waals surface area contributed by atoms with Gasteiger partial charge >= 0.3 is 18.1 Å². The van der Waals surface area contributed by atoms with E-state index in [-0.39, 0.29) is 30.6 Å². The third kappa shape index (κ3) is 4.07. The lowest BCUT2D eigenvalue weighted by molar-refractivity contribution is -0.139. The summed E-state index contributed by atoms with van der Waals surface area (Å²) in [5.41, 5.74) is 1.01. The molecule has 8 heteroatoms. The Morgan fingerprint density at radius 1 is 1.31 bits per heavy atom. The van der Waals surface area contributed by atoms with Crippen molar-refractivity contribution in [3.8, 4) is 0 Å². The van der Waals surface area contributed by atoms with E-state index in [4.69, 9.17) is 4.74 Å². The molecule has 3 rings (SSSR count). The second kappa shape index (κ2) is 8.07. The molecule has 0 spiro atoms. The van der Waals surface area contributed by atoms with Crippen molar-refractivity contribution >= 4 is 18.1 Å². The topological polar surface area (TPSA) is 88.2 Å². The minimum absolute atomic E-state index is 0.103. The lowest BCUT2D eigenvalue weighted by Gasteiger charge is -2.46. The zero-order valence-corrected chi connectivity index (χ0v) is 14.7. The van der Waals surface area contributed by atoms with Gasteiger partial charge in [0.25, 0.3) is 0 Å². The van der Waals surface area contributed by atoms with Gasteiger partial charge in [-0.3, -0.25) is 9.69 Å². The van der Waals surface area contributed by atoms with E-state index in [2.05, 4.69) is 10.1 Å². The molecule has 0 radical (unpaired) electrons. The number of carbonyl (C=O) groups is 3. The molecule has 0 bridgehead atoms. The minimum Gasteiger partial charge on any atom is -0.468 e. The Morgan fingerprint density at radius 2 is 2.08 bits per heavy atom. The molecule has 8 nitrogen and oxygen atoms in total.